The summed E-state index contributed by atoms with van der Waals surface area (Å²) >= 11 is 0. The van der Waals surface area contributed by atoms with Crippen LogP contribution in [-0.4, -0.2) is 22.9 Å². The summed E-state index contributed by atoms with van der Waals surface area (Å²) in [5.41, 5.74) is 6.43. The van der Waals surface area contributed by atoms with Crippen molar-refractivity contribution in [1.82, 2.24) is 0 Å². The highest BCUT2D eigenvalue weighted by Gasteiger charge is 2.16. The first-order valence-electron chi connectivity index (χ1n) is 7.74. The number of amides is 2. The summed E-state index contributed by atoms with van der Waals surface area (Å²) in [5, 5.41) is 20.7. The molecular weight excluding hydrogens is 348 g/mol. The number of carboxylic acid groups (broad SMARTS) is 1. The lowest BCUT2D eigenvalue weighted by Crippen LogP contribution is -2.25. The number of nitrogens with one attached hydrogen (secondary N) is 1. The minimum absolute atomic E-state index is 0.0116. The van der Waals surface area contributed by atoms with Gasteiger partial charge in [0, 0.05) is 30.2 Å². The third kappa shape index (κ3) is 4.93. The van der Waals surface area contributed by atoms with Crippen molar-refractivity contribution in [3.8, 4) is 6.07 Å². The molecule has 0 aliphatic heterocycles. The molecule has 0 saturated carbocycles. The zero-order valence-corrected chi connectivity index (χ0v) is 14.3. The van der Waals surface area contributed by atoms with Gasteiger partial charge in [-0.1, -0.05) is 6.07 Å². The van der Waals surface area contributed by atoms with Gasteiger partial charge in [0.2, 0.25) is 5.91 Å². The van der Waals surface area contributed by atoms with Gasteiger partial charge in [-0.3, -0.25) is 14.5 Å². The van der Waals surface area contributed by atoms with E-state index in [-0.39, 0.29) is 16.8 Å². The Morgan fingerprint density at radius 2 is 1.85 bits per heavy atom. The molecule has 0 aliphatic carbocycles. The Labute approximate surface area is 155 Å². The van der Waals surface area contributed by atoms with Crippen LogP contribution in [0.4, 0.5) is 17.1 Å². The number of nitriles is 1. The fourth-order valence-corrected chi connectivity index (χ4v) is 2.18. The Morgan fingerprint density at radius 3 is 2.41 bits per heavy atom. The standard InChI is InChI=1S/C19H16N4O4/c1-12(24)23(17-7-5-15(21)6-8-17)11-14(10-20)18(25)22-16-4-2-3-13(9-16)19(26)27/h2-9,11H,21H2,1H3,(H,22,25)(H,26,27)/b14-11-. The van der Waals surface area contributed by atoms with E-state index in [4.69, 9.17) is 10.8 Å². The van der Waals surface area contributed by atoms with Gasteiger partial charge in [0.1, 0.15) is 11.6 Å². The van der Waals surface area contributed by atoms with Crippen LogP contribution in [0.2, 0.25) is 0 Å². The van der Waals surface area contributed by atoms with Gasteiger partial charge in [-0.05, 0) is 42.5 Å². The Balaban J connectivity index is 2.30. The first kappa shape index (κ1) is 19.2. The smallest absolute Gasteiger partial charge is 0.335 e. The van der Waals surface area contributed by atoms with Crippen LogP contribution in [0.5, 0.6) is 0 Å². The number of aromatic carboxylic acids is 1. The van der Waals surface area contributed by atoms with Gasteiger partial charge >= 0.3 is 5.97 Å². The highest BCUT2D eigenvalue weighted by molar-refractivity contribution is 6.08. The van der Waals surface area contributed by atoms with Gasteiger partial charge in [-0.15, -0.1) is 0 Å². The summed E-state index contributed by atoms with van der Waals surface area (Å²) in [6.45, 7) is 1.29. The van der Waals surface area contributed by atoms with Gasteiger partial charge in [-0.25, -0.2) is 4.79 Å². The summed E-state index contributed by atoms with van der Waals surface area (Å²) in [4.78, 5) is 36.4. The second-order valence-corrected chi connectivity index (χ2v) is 5.48. The number of hydrogen-bond donors (Lipinski definition) is 3. The molecule has 27 heavy (non-hydrogen) atoms. The summed E-state index contributed by atoms with van der Waals surface area (Å²) in [6, 6.07) is 13.7. The van der Waals surface area contributed by atoms with Crippen molar-refractivity contribution in [2.24, 2.45) is 0 Å². The molecule has 0 radical (unpaired) electrons. The summed E-state index contributed by atoms with van der Waals surface area (Å²) in [6.07, 6.45) is 1.12. The zero-order chi connectivity index (χ0) is 20.0. The molecule has 0 aromatic heterocycles. The molecule has 0 unspecified atom stereocenters. The normalized spacial score (nSPS) is 10.6. The number of hydrogen-bond acceptors (Lipinski definition) is 5. The third-order valence-corrected chi connectivity index (χ3v) is 3.50. The first-order valence-corrected chi connectivity index (χ1v) is 7.74. The zero-order valence-electron chi connectivity index (χ0n) is 14.3. The van der Waals surface area contributed by atoms with Crippen LogP contribution in [0.15, 0.2) is 60.3 Å². The number of anilines is 3. The second kappa shape index (κ2) is 8.31. The van der Waals surface area contributed by atoms with E-state index in [2.05, 4.69) is 5.32 Å². The van der Waals surface area contributed by atoms with Crippen molar-refractivity contribution in [3.63, 3.8) is 0 Å². The molecule has 4 N–H and O–H groups in total. The van der Waals surface area contributed by atoms with Crippen LogP contribution in [0.3, 0.4) is 0 Å². The second-order valence-electron chi connectivity index (χ2n) is 5.48. The average Bonchev–Trinajstić information content (AvgIpc) is 2.63. The van der Waals surface area contributed by atoms with Crippen molar-refractivity contribution < 1.29 is 19.5 Å². The first-order chi connectivity index (χ1) is 12.8. The molecule has 0 atom stereocenters. The molecular formula is C19H16N4O4. The van der Waals surface area contributed by atoms with Gasteiger partial charge in [0.05, 0.1) is 5.56 Å². The number of rotatable bonds is 5. The fourth-order valence-electron chi connectivity index (χ4n) is 2.18. The van der Waals surface area contributed by atoms with Crippen molar-refractivity contribution >= 4 is 34.8 Å². The van der Waals surface area contributed by atoms with E-state index in [1.165, 1.54) is 31.2 Å². The summed E-state index contributed by atoms with van der Waals surface area (Å²) in [5.74, 6) is -2.33. The predicted octanol–water partition coefficient (Wildman–Crippen LogP) is 2.37. The van der Waals surface area contributed by atoms with E-state index in [0.717, 1.165) is 11.1 Å². The maximum atomic E-state index is 12.4. The van der Waals surface area contributed by atoms with E-state index >= 15 is 0 Å². The third-order valence-electron chi connectivity index (χ3n) is 3.50. The van der Waals surface area contributed by atoms with E-state index in [9.17, 15) is 19.6 Å². The molecule has 0 bridgehead atoms. The van der Waals surface area contributed by atoms with Gasteiger partial charge in [0.15, 0.2) is 0 Å². The minimum Gasteiger partial charge on any atom is -0.478 e. The molecule has 0 spiro atoms. The number of carbonyl (C=O) groups excluding carboxylic acids is 2. The monoisotopic (exact) mass is 364 g/mol. The quantitative estimate of drug-likeness (QED) is 0.423. The Hall–Kier alpha value is -4.12. The van der Waals surface area contributed by atoms with E-state index < -0.39 is 17.8 Å². The van der Waals surface area contributed by atoms with Gasteiger partial charge < -0.3 is 16.2 Å². The van der Waals surface area contributed by atoms with Crippen LogP contribution in [0.1, 0.15) is 17.3 Å². The van der Waals surface area contributed by atoms with E-state index in [1.807, 2.05) is 0 Å². The lowest BCUT2D eigenvalue weighted by Gasteiger charge is -2.17. The molecule has 0 saturated heterocycles. The van der Waals surface area contributed by atoms with Crippen molar-refractivity contribution in [1.29, 1.82) is 5.26 Å². The highest BCUT2D eigenvalue weighted by Crippen LogP contribution is 2.19. The Bertz CT molecular complexity index is 958. The Morgan fingerprint density at radius 1 is 1.19 bits per heavy atom. The summed E-state index contributed by atoms with van der Waals surface area (Å²) < 4.78 is 0. The molecule has 0 heterocycles. The number of carbonyl (C=O) groups is 3. The SMILES string of the molecule is CC(=O)N(/C=C(/C#N)C(=O)Nc1cccc(C(=O)O)c1)c1ccc(N)cc1. The molecule has 8 nitrogen and oxygen atoms in total. The molecule has 2 aromatic carbocycles. The van der Waals surface area contributed by atoms with Crippen LogP contribution in [0, 0.1) is 11.3 Å². The molecule has 0 aliphatic rings. The largest absolute Gasteiger partial charge is 0.478 e. The Kier molecular flexibility index (Phi) is 5.91. The summed E-state index contributed by atoms with van der Waals surface area (Å²) in [7, 11) is 0. The van der Waals surface area contributed by atoms with Crippen LogP contribution in [0.25, 0.3) is 0 Å². The van der Waals surface area contributed by atoms with Gasteiger partial charge in [-0.2, -0.15) is 5.26 Å². The maximum Gasteiger partial charge on any atom is 0.335 e. The van der Waals surface area contributed by atoms with Crippen LogP contribution >= 0.6 is 0 Å². The minimum atomic E-state index is -1.15. The van der Waals surface area contributed by atoms with Crippen molar-refractivity contribution in [3.05, 3.63) is 65.9 Å². The van der Waals surface area contributed by atoms with Crippen molar-refractivity contribution in [2.75, 3.05) is 16.0 Å². The molecule has 2 rings (SSSR count). The molecule has 2 amide bonds. The molecule has 136 valence electrons. The average molecular weight is 364 g/mol. The van der Waals surface area contributed by atoms with Crippen LogP contribution < -0.4 is 16.0 Å². The number of carboxylic acids is 1. The molecule has 8 heteroatoms. The number of nitrogens with zero attached hydrogens (tertiary/aromatic N) is 2. The van der Waals surface area contributed by atoms with Gasteiger partial charge in [0.25, 0.3) is 5.91 Å². The van der Waals surface area contributed by atoms with Crippen molar-refractivity contribution in [2.45, 2.75) is 6.92 Å². The number of nitrogen functional groups attached to an aromatic ring is 1. The fraction of sp³-hybridized carbons (Fsp3) is 0.0526. The lowest BCUT2D eigenvalue weighted by molar-refractivity contribution is -0.116. The topological polar surface area (TPSA) is 137 Å². The lowest BCUT2D eigenvalue weighted by atomic mass is 10.2. The maximum absolute atomic E-state index is 12.4. The van der Waals surface area contributed by atoms with Crippen LogP contribution in [-0.2, 0) is 9.59 Å². The predicted molar refractivity (Wildman–Crippen MR) is 99.7 cm³/mol. The number of nitrogens with two attached hydrogens (primary N) is 1. The molecule has 2 aromatic rings. The number of benzene rings is 2. The highest BCUT2D eigenvalue weighted by atomic mass is 16.4. The van der Waals surface area contributed by atoms with E-state index in [0.29, 0.717) is 11.4 Å². The van der Waals surface area contributed by atoms with E-state index in [1.54, 1.807) is 30.3 Å². The molecule has 0 fully saturated rings.